The third kappa shape index (κ3) is 7.19. The molecule has 0 spiro atoms. The van der Waals surface area contributed by atoms with E-state index < -0.39 is 23.3 Å². The molecule has 45 heavy (non-hydrogen) atoms. The number of pyridine rings is 2. The van der Waals surface area contributed by atoms with E-state index >= 15 is 8.78 Å². The highest BCUT2D eigenvalue weighted by molar-refractivity contribution is 7.98. The van der Waals surface area contributed by atoms with E-state index in [4.69, 9.17) is 9.73 Å². The number of carbonyl (C=O) groups excluding carboxylic acids is 3. The number of benzene rings is 1. The summed E-state index contributed by atoms with van der Waals surface area (Å²) in [6, 6.07) is 6.41. The molecule has 0 aliphatic carbocycles. The average molecular weight is 637 g/mol. The highest BCUT2D eigenvalue weighted by Crippen LogP contribution is 2.38. The maximum absolute atomic E-state index is 16.1. The summed E-state index contributed by atoms with van der Waals surface area (Å²) in [6.07, 6.45) is 5.20. The number of esters is 1. The minimum Gasteiger partial charge on any atom is -0.426 e. The van der Waals surface area contributed by atoms with Gasteiger partial charge >= 0.3 is 5.97 Å². The molecule has 10 nitrogen and oxygen atoms in total. The van der Waals surface area contributed by atoms with E-state index in [0.29, 0.717) is 36.8 Å². The van der Waals surface area contributed by atoms with E-state index in [1.807, 2.05) is 38.0 Å². The summed E-state index contributed by atoms with van der Waals surface area (Å²) in [5.74, 6) is -2.77. The summed E-state index contributed by atoms with van der Waals surface area (Å²) in [5, 5.41) is 3.16. The Morgan fingerprint density at radius 1 is 1.22 bits per heavy atom. The lowest BCUT2D eigenvalue weighted by Gasteiger charge is -2.41. The van der Waals surface area contributed by atoms with Gasteiger partial charge in [0.25, 0.3) is 0 Å². The normalized spacial score (nSPS) is 15.2. The Morgan fingerprint density at radius 3 is 2.60 bits per heavy atom. The fraction of sp³-hybridized carbons (Fsp3) is 0.312. The zero-order valence-corrected chi connectivity index (χ0v) is 26.5. The van der Waals surface area contributed by atoms with Gasteiger partial charge in [0.15, 0.2) is 5.82 Å². The number of nitrogens with zero attached hydrogens (tertiary/aromatic N) is 5. The van der Waals surface area contributed by atoms with Gasteiger partial charge in [-0.1, -0.05) is 26.5 Å². The molecule has 1 aromatic carbocycles. The Morgan fingerprint density at radius 2 is 1.98 bits per heavy atom. The number of halogens is 2. The average Bonchev–Trinajstić information content (AvgIpc) is 3.00. The van der Waals surface area contributed by atoms with Crippen LogP contribution in [0.25, 0.3) is 11.3 Å². The number of carbonyl (C=O) groups is 3. The van der Waals surface area contributed by atoms with Crippen LogP contribution in [-0.2, 0) is 14.4 Å². The molecule has 0 radical (unpaired) electrons. The SMILES string of the molecule is C=CC(=O)N1CCN(C(=Nc2c(C(C)C)ccnc2SC)c2cc(F)c(-c3c(F)cccc3OC(C)=O)nc2NC=O)C(C)C1. The second kappa shape index (κ2) is 14.4. The van der Waals surface area contributed by atoms with Crippen molar-refractivity contribution in [1.82, 2.24) is 19.8 Å². The van der Waals surface area contributed by atoms with Crippen LogP contribution < -0.4 is 10.1 Å². The lowest BCUT2D eigenvalue weighted by atomic mass is 10.0. The molecule has 2 amide bonds. The molecule has 1 aliphatic rings. The molecule has 0 bridgehead atoms. The number of amidine groups is 1. The highest BCUT2D eigenvalue weighted by Gasteiger charge is 2.32. The summed E-state index contributed by atoms with van der Waals surface area (Å²) < 4.78 is 36.4. The highest BCUT2D eigenvalue weighted by atomic mass is 32.2. The van der Waals surface area contributed by atoms with Crippen molar-refractivity contribution < 1.29 is 27.9 Å². The molecule has 1 N–H and O–H groups in total. The van der Waals surface area contributed by atoms with Crippen LogP contribution in [0.4, 0.5) is 20.3 Å². The minimum absolute atomic E-state index is 0.0592. The molecule has 13 heteroatoms. The van der Waals surface area contributed by atoms with Gasteiger partial charge in [0, 0.05) is 38.8 Å². The van der Waals surface area contributed by atoms with Gasteiger partial charge in [-0.05, 0) is 55.0 Å². The van der Waals surface area contributed by atoms with E-state index in [0.717, 1.165) is 24.6 Å². The minimum atomic E-state index is -0.943. The zero-order valence-electron chi connectivity index (χ0n) is 25.6. The van der Waals surface area contributed by atoms with Crippen LogP contribution >= 0.6 is 11.8 Å². The first kappa shape index (κ1) is 33.2. The monoisotopic (exact) mass is 636 g/mol. The number of nitrogens with one attached hydrogen (secondary N) is 1. The summed E-state index contributed by atoms with van der Waals surface area (Å²) in [6.45, 7) is 11.6. The maximum Gasteiger partial charge on any atom is 0.308 e. The lowest BCUT2D eigenvalue weighted by Crippen LogP contribution is -2.55. The van der Waals surface area contributed by atoms with Crippen LogP contribution in [0.3, 0.4) is 0 Å². The molecule has 0 saturated carbocycles. The summed E-state index contributed by atoms with van der Waals surface area (Å²) in [7, 11) is 0. The molecule has 1 saturated heterocycles. The van der Waals surface area contributed by atoms with Crippen molar-refractivity contribution in [3.05, 3.63) is 71.9 Å². The zero-order chi connectivity index (χ0) is 32.8. The topological polar surface area (TPSA) is 117 Å². The van der Waals surface area contributed by atoms with Crippen molar-refractivity contribution in [3.63, 3.8) is 0 Å². The second-order valence-corrected chi connectivity index (χ2v) is 11.4. The predicted molar refractivity (Wildman–Crippen MR) is 170 cm³/mol. The number of aromatic nitrogens is 2. The van der Waals surface area contributed by atoms with Crippen LogP contribution in [0.1, 0.15) is 44.7 Å². The number of hydrogen-bond donors (Lipinski definition) is 1. The molecule has 236 valence electrons. The van der Waals surface area contributed by atoms with Crippen LogP contribution in [0.5, 0.6) is 5.75 Å². The molecular weight excluding hydrogens is 602 g/mol. The number of anilines is 1. The van der Waals surface area contributed by atoms with Gasteiger partial charge in [0.2, 0.25) is 12.3 Å². The van der Waals surface area contributed by atoms with Gasteiger partial charge < -0.3 is 19.9 Å². The Balaban J connectivity index is 2.00. The molecule has 1 fully saturated rings. The number of aliphatic imine (C=N–C) groups is 1. The number of amides is 2. The van der Waals surface area contributed by atoms with Crippen LogP contribution in [0, 0.1) is 11.6 Å². The standard InChI is InChI=1S/C32H34F2N6O4S/c1-7-26(43)39-13-14-40(19(4)16-39)31(38-28-21(18(2)3)11-12-35-32(28)45-6)22-15-24(34)29(37-30(22)36-17-41)27-23(33)9-8-10-25(27)44-20(5)42/h7-12,15,17-19H,1,13-14,16H2,2-6H3,(H,36,37,41). The van der Waals surface area contributed by atoms with Crippen molar-refractivity contribution in [2.45, 2.75) is 44.7 Å². The van der Waals surface area contributed by atoms with E-state index in [-0.39, 0.29) is 46.4 Å². The first-order valence-electron chi connectivity index (χ1n) is 14.2. The Kier molecular flexibility index (Phi) is 10.7. The Bertz CT molecular complexity index is 1660. The summed E-state index contributed by atoms with van der Waals surface area (Å²) >= 11 is 1.40. The van der Waals surface area contributed by atoms with Gasteiger partial charge in [-0.2, -0.15) is 0 Å². The van der Waals surface area contributed by atoms with Gasteiger partial charge in [-0.15, -0.1) is 11.8 Å². The van der Waals surface area contributed by atoms with E-state index in [1.54, 1.807) is 11.1 Å². The quantitative estimate of drug-likeness (QED) is 0.0618. The molecule has 1 atom stereocenters. The van der Waals surface area contributed by atoms with Gasteiger partial charge in [-0.25, -0.2) is 23.7 Å². The molecule has 1 unspecified atom stereocenters. The van der Waals surface area contributed by atoms with Crippen LogP contribution in [0.15, 0.2) is 59.2 Å². The molecular formula is C32H34F2N6O4S. The molecule has 4 rings (SSSR count). The van der Waals surface area contributed by atoms with Gasteiger partial charge in [0.1, 0.15) is 39.6 Å². The first-order chi connectivity index (χ1) is 21.5. The van der Waals surface area contributed by atoms with Gasteiger partial charge in [-0.3, -0.25) is 14.4 Å². The lowest BCUT2D eigenvalue weighted by molar-refractivity contribution is -0.132. The Hall–Kier alpha value is -4.65. The molecule has 1 aliphatic heterocycles. The summed E-state index contributed by atoms with van der Waals surface area (Å²) in [5.41, 5.74) is 0.731. The number of ether oxygens (including phenoxy) is 1. The molecule has 2 aromatic heterocycles. The van der Waals surface area contributed by atoms with Crippen LogP contribution in [0.2, 0.25) is 0 Å². The largest absolute Gasteiger partial charge is 0.426 e. The summed E-state index contributed by atoms with van der Waals surface area (Å²) in [4.78, 5) is 53.5. The van der Waals surface area contributed by atoms with E-state index in [2.05, 4.69) is 21.9 Å². The molecule has 3 heterocycles. The fourth-order valence-corrected chi connectivity index (χ4v) is 5.66. The fourth-order valence-electron chi connectivity index (χ4n) is 5.14. The number of piperazine rings is 1. The van der Waals surface area contributed by atoms with Crippen molar-refractivity contribution in [2.75, 3.05) is 31.2 Å². The smallest absolute Gasteiger partial charge is 0.308 e. The molecule has 3 aromatic rings. The van der Waals surface area contributed by atoms with Gasteiger partial charge in [0.05, 0.1) is 11.1 Å². The number of hydrogen-bond acceptors (Lipinski definition) is 8. The number of rotatable bonds is 9. The third-order valence-corrected chi connectivity index (χ3v) is 7.90. The van der Waals surface area contributed by atoms with Crippen molar-refractivity contribution in [3.8, 4) is 17.0 Å². The van der Waals surface area contributed by atoms with Crippen LogP contribution in [-0.4, -0.2) is 75.8 Å². The van der Waals surface area contributed by atoms with Crippen molar-refractivity contribution in [1.29, 1.82) is 0 Å². The second-order valence-electron chi connectivity index (χ2n) is 10.6. The van der Waals surface area contributed by atoms with E-state index in [9.17, 15) is 14.4 Å². The maximum atomic E-state index is 16.1. The van der Waals surface area contributed by atoms with Crippen molar-refractivity contribution >= 4 is 47.4 Å². The predicted octanol–water partition coefficient (Wildman–Crippen LogP) is 5.56. The van der Waals surface area contributed by atoms with E-state index in [1.165, 1.54) is 30.0 Å². The Labute approximate surface area is 264 Å². The first-order valence-corrected chi connectivity index (χ1v) is 15.4. The number of thioether (sulfide) groups is 1. The third-order valence-electron chi connectivity index (χ3n) is 7.22. The van der Waals surface area contributed by atoms with Crippen molar-refractivity contribution in [2.24, 2.45) is 4.99 Å².